The first-order chi connectivity index (χ1) is 18.5. The van der Waals surface area contributed by atoms with E-state index in [1.165, 1.54) is 0 Å². The fraction of sp³-hybridized carbons (Fsp3) is 0.233. The van der Waals surface area contributed by atoms with Gasteiger partial charge in [-0.3, -0.25) is 5.43 Å². The van der Waals surface area contributed by atoms with Gasteiger partial charge in [-0.1, -0.05) is 44.0 Å². The number of unbranched alkanes of at least 4 members (excludes halogenated alkanes) is 2. The van der Waals surface area contributed by atoms with Crippen molar-refractivity contribution in [2.24, 2.45) is 10.1 Å². The molecule has 6 nitrogen and oxygen atoms in total. The highest BCUT2D eigenvalue weighted by Crippen LogP contribution is 2.35. The van der Waals surface area contributed by atoms with Crippen LogP contribution in [0.1, 0.15) is 43.0 Å². The van der Waals surface area contributed by atoms with Gasteiger partial charge in [-0.05, 0) is 98.8 Å². The molecule has 196 valence electrons. The zero-order valence-corrected chi connectivity index (χ0v) is 24.8. The number of rotatable bonds is 10. The summed E-state index contributed by atoms with van der Waals surface area (Å²) in [7, 11) is 1.64. The number of fused-ring (bicyclic) bond motifs is 1. The topological polar surface area (TPSA) is 68.1 Å². The fourth-order valence-corrected chi connectivity index (χ4v) is 5.43. The molecule has 0 amide bonds. The van der Waals surface area contributed by atoms with Crippen LogP contribution in [0.25, 0.3) is 10.9 Å². The first kappa shape index (κ1) is 27.8. The minimum absolute atomic E-state index is 0.514. The van der Waals surface area contributed by atoms with E-state index < -0.39 is 0 Å². The lowest BCUT2D eigenvalue weighted by atomic mass is 10.2. The fourth-order valence-electron chi connectivity index (χ4n) is 3.83. The monoisotopic (exact) mass is 636 g/mol. The van der Waals surface area contributed by atoms with Gasteiger partial charge in [0.1, 0.15) is 5.69 Å². The highest BCUT2D eigenvalue weighted by molar-refractivity contribution is 9.11. The molecule has 1 heterocycles. The van der Waals surface area contributed by atoms with E-state index >= 15 is 0 Å². The summed E-state index contributed by atoms with van der Waals surface area (Å²) in [6.45, 7) is 4.88. The van der Waals surface area contributed by atoms with Crippen molar-refractivity contribution in [2.45, 2.75) is 33.1 Å². The van der Waals surface area contributed by atoms with Gasteiger partial charge in [0, 0.05) is 14.3 Å². The van der Waals surface area contributed by atoms with E-state index in [1.807, 2.05) is 73.7 Å². The van der Waals surface area contributed by atoms with Crippen molar-refractivity contribution in [1.29, 1.82) is 0 Å². The van der Waals surface area contributed by atoms with Crippen molar-refractivity contribution < 1.29 is 9.47 Å². The molecule has 38 heavy (non-hydrogen) atoms. The first-order valence-electron chi connectivity index (χ1n) is 12.5. The molecule has 3 aromatic carbocycles. The van der Waals surface area contributed by atoms with Crippen molar-refractivity contribution in [3.63, 3.8) is 0 Å². The number of pyridine rings is 1. The molecule has 4 aromatic rings. The van der Waals surface area contributed by atoms with Gasteiger partial charge in [0.05, 0.1) is 31.1 Å². The van der Waals surface area contributed by atoms with E-state index in [0.29, 0.717) is 23.9 Å². The number of nitrogens with zero attached hydrogens (tertiary/aromatic N) is 3. The summed E-state index contributed by atoms with van der Waals surface area (Å²) in [6.07, 6.45) is 5.04. The third-order valence-electron chi connectivity index (χ3n) is 5.80. The predicted octanol–water partition coefficient (Wildman–Crippen LogP) is 8.35. The number of hydrazone groups is 1. The molecule has 1 N–H and O–H groups in total. The molecule has 1 aromatic heterocycles. The number of nitrogens with one attached hydrogen (secondary N) is 1. The number of methoxy groups -OCH3 is 1. The lowest BCUT2D eigenvalue weighted by Gasteiger charge is -2.11. The van der Waals surface area contributed by atoms with E-state index in [0.717, 1.165) is 61.7 Å². The summed E-state index contributed by atoms with van der Waals surface area (Å²) < 4.78 is 13.2. The van der Waals surface area contributed by atoms with Gasteiger partial charge in [-0.15, -0.1) is 0 Å². The zero-order chi connectivity index (χ0) is 26.9. The second-order valence-corrected chi connectivity index (χ2v) is 10.5. The van der Waals surface area contributed by atoms with E-state index in [1.54, 1.807) is 13.3 Å². The lowest BCUT2D eigenvalue weighted by Crippen LogP contribution is -2.20. The maximum absolute atomic E-state index is 5.90. The predicted molar refractivity (Wildman–Crippen MR) is 163 cm³/mol. The van der Waals surface area contributed by atoms with Crippen molar-refractivity contribution in [1.82, 2.24) is 10.4 Å². The average molecular weight is 638 g/mol. The Labute approximate surface area is 240 Å². The molecular weight excluding hydrogens is 608 g/mol. The maximum Gasteiger partial charge on any atom is 0.173 e. The van der Waals surface area contributed by atoms with Crippen molar-refractivity contribution >= 4 is 60.5 Å². The van der Waals surface area contributed by atoms with Crippen LogP contribution in [0.2, 0.25) is 0 Å². The summed E-state index contributed by atoms with van der Waals surface area (Å²) in [6, 6.07) is 21.8. The van der Waals surface area contributed by atoms with Crippen LogP contribution in [0.4, 0.5) is 5.69 Å². The molecule has 0 fully saturated rings. The standard InChI is InChI=1S/C30H30Br2N4O2/c1-4-5-8-15-38-27-14-11-21(18-28(27)37-3)19-33-36-30(35-29-23(31)16-20(2)17-24(29)32)26-13-12-22-9-6-7-10-25(22)34-26/h6-7,9-14,16-19H,4-5,8,15H2,1-3H3,(H,35,36). The van der Waals surface area contributed by atoms with Crippen molar-refractivity contribution in [3.05, 3.63) is 92.5 Å². The van der Waals surface area contributed by atoms with Crippen LogP contribution in [-0.2, 0) is 0 Å². The Balaban J connectivity index is 1.62. The summed E-state index contributed by atoms with van der Waals surface area (Å²) in [5.74, 6) is 1.91. The zero-order valence-electron chi connectivity index (χ0n) is 21.7. The molecule has 0 saturated heterocycles. The van der Waals surface area contributed by atoms with Gasteiger partial charge in [0.15, 0.2) is 17.3 Å². The van der Waals surface area contributed by atoms with Gasteiger partial charge in [-0.25, -0.2) is 9.98 Å². The van der Waals surface area contributed by atoms with Crippen LogP contribution in [0.5, 0.6) is 11.5 Å². The number of amidine groups is 1. The summed E-state index contributed by atoms with van der Waals surface area (Å²) in [4.78, 5) is 9.72. The highest BCUT2D eigenvalue weighted by Gasteiger charge is 2.11. The van der Waals surface area contributed by atoms with Crippen LogP contribution in [0.3, 0.4) is 0 Å². The molecule has 0 unspecified atom stereocenters. The number of ether oxygens (including phenoxy) is 2. The normalized spacial score (nSPS) is 11.8. The second-order valence-electron chi connectivity index (χ2n) is 8.76. The van der Waals surface area contributed by atoms with Crippen LogP contribution >= 0.6 is 31.9 Å². The number of aliphatic imine (C=N–C) groups is 1. The molecule has 0 aliphatic heterocycles. The van der Waals surface area contributed by atoms with Crippen LogP contribution < -0.4 is 14.9 Å². The van der Waals surface area contributed by atoms with Gasteiger partial charge >= 0.3 is 0 Å². The van der Waals surface area contributed by atoms with E-state index in [4.69, 9.17) is 19.5 Å². The molecule has 0 atom stereocenters. The molecule has 0 saturated carbocycles. The maximum atomic E-state index is 5.90. The summed E-state index contributed by atoms with van der Waals surface area (Å²) >= 11 is 7.29. The summed E-state index contributed by atoms with van der Waals surface area (Å²) in [5, 5.41) is 5.55. The quantitative estimate of drug-likeness (QED) is 0.0821. The minimum Gasteiger partial charge on any atom is -0.493 e. The smallest absolute Gasteiger partial charge is 0.173 e. The molecule has 0 spiro atoms. The van der Waals surface area contributed by atoms with Crippen LogP contribution in [0, 0.1) is 6.92 Å². The average Bonchev–Trinajstić information content (AvgIpc) is 2.92. The Hall–Kier alpha value is -3.23. The molecule has 4 rings (SSSR count). The number of aryl methyl sites for hydroxylation is 1. The molecule has 0 aliphatic carbocycles. The number of hydrogen-bond acceptors (Lipinski definition) is 5. The molecule has 8 heteroatoms. The van der Waals surface area contributed by atoms with Crippen LogP contribution in [0.15, 0.2) is 85.8 Å². The van der Waals surface area contributed by atoms with Gasteiger partial charge in [0.2, 0.25) is 0 Å². The Morgan fingerprint density at radius 1 is 0.974 bits per heavy atom. The second kappa shape index (κ2) is 13.5. The highest BCUT2D eigenvalue weighted by atomic mass is 79.9. The van der Waals surface area contributed by atoms with E-state index in [2.05, 4.69) is 49.3 Å². The minimum atomic E-state index is 0.514. The van der Waals surface area contributed by atoms with Crippen molar-refractivity contribution in [3.8, 4) is 11.5 Å². The number of aromatic nitrogens is 1. The molecular formula is C30H30Br2N4O2. The summed E-state index contributed by atoms with van der Waals surface area (Å²) in [5.41, 5.74) is 7.39. The lowest BCUT2D eigenvalue weighted by molar-refractivity contribution is 0.286. The van der Waals surface area contributed by atoms with E-state index in [-0.39, 0.29) is 0 Å². The Morgan fingerprint density at radius 3 is 2.53 bits per heavy atom. The number of halogens is 2. The number of hydrogen-bond donors (Lipinski definition) is 1. The first-order valence-corrected chi connectivity index (χ1v) is 14.1. The van der Waals surface area contributed by atoms with Gasteiger partial charge < -0.3 is 9.47 Å². The number of benzene rings is 3. The van der Waals surface area contributed by atoms with Crippen molar-refractivity contribution in [2.75, 3.05) is 13.7 Å². The molecule has 0 radical (unpaired) electrons. The Kier molecular flexibility index (Phi) is 9.90. The third-order valence-corrected chi connectivity index (χ3v) is 7.01. The SMILES string of the molecule is CCCCCOc1ccc(C=NNC(=Nc2c(Br)cc(C)cc2Br)c2ccc3ccccc3n2)cc1OC. The third kappa shape index (κ3) is 7.20. The van der Waals surface area contributed by atoms with Gasteiger partial charge in [0.25, 0.3) is 0 Å². The Bertz CT molecular complexity index is 1450. The van der Waals surface area contributed by atoms with E-state index in [9.17, 15) is 0 Å². The molecule has 0 bridgehead atoms. The number of para-hydroxylation sites is 1. The Morgan fingerprint density at radius 2 is 1.76 bits per heavy atom. The van der Waals surface area contributed by atoms with Crippen LogP contribution in [-0.4, -0.2) is 30.8 Å². The molecule has 0 aliphatic rings. The van der Waals surface area contributed by atoms with Gasteiger partial charge in [-0.2, -0.15) is 5.10 Å². The largest absolute Gasteiger partial charge is 0.493 e.